The van der Waals surface area contributed by atoms with E-state index in [9.17, 15) is 18.0 Å². The van der Waals surface area contributed by atoms with Crippen molar-refractivity contribution in [1.29, 1.82) is 0 Å². The lowest BCUT2D eigenvalue weighted by Gasteiger charge is -2.36. The molecule has 200 valence electrons. The molecule has 1 amide bonds. The summed E-state index contributed by atoms with van der Waals surface area (Å²) in [6.07, 6.45) is -1.33. The molecule has 0 spiro atoms. The second-order valence-corrected chi connectivity index (χ2v) is 9.50. The molecule has 11 heteroatoms. The summed E-state index contributed by atoms with van der Waals surface area (Å²) in [6.45, 7) is 4.16. The highest BCUT2D eigenvalue weighted by atomic mass is 19.3. The van der Waals surface area contributed by atoms with Gasteiger partial charge < -0.3 is 16.0 Å². The molecule has 0 bridgehead atoms. The lowest BCUT2D eigenvalue weighted by molar-refractivity contribution is 0.0945. The second-order valence-electron chi connectivity index (χ2n) is 9.50. The Morgan fingerprint density at radius 3 is 2.42 bits per heavy atom. The molecular formula is C27H28F4N6O. The number of fused-ring (bicyclic) bond motifs is 1. The molecule has 2 aliphatic heterocycles. The molecule has 7 nitrogen and oxygen atoms in total. The van der Waals surface area contributed by atoms with Crippen molar-refractivity contribution in [3.8, 4) is 22.5 Å². The first-order valence-corrected chi connectivity index (χ1v) is 12.6. The number of nitrogens with two attached hydrogens (primary N) is 1. The van der Waals surface area contributed by atoms with Crippen LogP contribution in [0.15, 0.2) is 36.4 Å². The molecule has 1 aromatic heterocycles. The minimum Gasteiger partial charge on any atom is -0.382 e. The van der Waals surface area contributed by atoms with E-state index in [0.717, 1.165) is 37.9 Å². The molecule has 0 atom stereocenters. The van der Waals surface area contributed by atoms with Crippen molar-refractivity contribution in [3.63, 3.8) is 0 Å². The maximum Gasteiger partial charge on any atom is 0.251 e. The minimum atomic E-state index is -2.26. The smallest absolute Gasteiger partial charge is 0.251 e. The summed E-state index contributed by atoms with van der Waals surface area (Å²) in [5.74, 6) is -2.14. The molecule has 1 saturated heterocycles. The summed E-state index contributed by atoms with van der Waals surface area (Å²) >= 11 is 0. The highest BCUT2D eigenvalue weighted by Crippen LogP contribution is 2.33. The van der Waals surface area contributed by atoms with Gasteiger partial charge in [-0.2, -0.15) is 9.37 Å². The van der Waals surface area contributed by atoms with Gasteiger partial charge in [-0.05, 0) is 49.2 Å². The van der Waals surface area contributed by atoms with Gasteiger partial charge in [0.1, 0.15) is 17.2 Å². The summed E-state index contributed by atoms with van der Waals surface area (Å²) in [5.41, 5.74) is 8.30. The van der Waals surface area contributed by atoms with Gasteiger partial charge >= 0.3 is 0 Å². The Kier molecular flexibility index (Phi) is 7.46. The third kappa shape index (κ3) is 5.42. The molecule has 3 N–H and O–H groups in total. The molecule has 0 saturated carbocycles. The number of piperazine rings is 1. The summed E-state index contributed by atoms with van der Waals surface area (Å²) in [6, 6.07) is 9.85. The first-order chi connectivity index (χ1) is 18.3. The Morgan fingerprint density at radius 1 is 0.974 bits per heavy atom. The van der Waals surface area contributed by atoms with Crippen molar-refractivity contribution in [2.45, 2.75) is 25.7 Å². The van der Waals surface area contributed by atoms with Crippen molar-refractivity contribution >= 4 is 17.4 Å². The number of nitrogens with one attached hydrogen (secondary N) is 1. The Balaban J connectivity index is 1.34. The number of hydrogen-bond acceptors (Lipinski definition) is 6. The van der Waals surface area contributed by atoms with Crippen molar-refractivity contribution < 1.29 is 22.4 Å². The zero-order valence-corrected chi connectivity index (χ0v) is 20.7. The van der Waals surface area contributed by atoms with E-state index in [-0.39, 0.29) is 40.7 Å². The minimum absolute atomic E-state index is 0.0136. The molecule has 38 heavy (non-hydrogen) atoms. The van der Waals surface area contributed by atoms with Crippen molar-refractivity contribution in [3.05, 3.63) is 59.3 Å². The predicted octanol–water partition coefficient (Wildman–Crippen LogP) is 4.12. The largest absolute Gasteiger partial charge is 0.382 e. The maximum atomic E-state index is 15.0. The maximum absolute atomic E-state index is 15.0. The van der Waals surface area contributed by atoms with Crippen LogP contribution in [0.2, 0.25) is 0 Å². The van der Waals surface area contributed by atoms with E-state index in [1.165, 1.54) is 6.07 Å². The van der Waals surface area contributed by atoms with Crippen molar-refractivity contribution in [2.75, 3.05) is 49.9 Å². The van der Waals surface area contributed by atoms with Crippen LogP contribution < -0.4 is 16.0 Å². The molecule has 0 aliphatic carbocycles. The van der Waals surface area contributed by atoms with Crippen molar-refractivity contribution in [1.82, 2.24) is 20.2 Å². The third-order valence-corrected chi connectivity index (χ3v) is 7.03. The third-order valence-electron chi connectivity index (χ3n) is 7.03. The van der Waals surface area contributed by atoms with Gasteiger partial charge in [-0.25, -0.2) is 18.2 Å². The van der Waals surface area contributed by atoms with E-state index in [1.807, 2.05) is 12.1 Å². The SMILES string of the molecule is Nc1nc(F)c(-c2ccc(N3CCN(CCCC(F)F)CC3)cc2)nc1-c1cc2c(cc1F)C(=O)NCC2. The summed E-state index contributed by atoms with van der Waals surface area (Å²) in [4.78, 5) is 24.6. The van der Waals surface area contributed by atoms with Gasteiger partial charge in [-0.3, -0.25) is 9.69 Å². The summed E-state index contributed by atoms with van der Waals surface area (Å²) < 4.78 is 54.6. The molecule has 0 radical (unpaired) electrons. The predicted molar refractivity (Wildman–Crippen MR) is 137 cm³/mol. The molecule has 5 rings (SSSR count). The molecule has 3 heterocycles. The van der Waals surface area contributed by atoms with Gasteiger partial charge in [0, 0.05) is 61.5 Å². The normalized spacial score (nSPS) is 16.0. The molecule has 1 fully saturated rings. The van der Waals surface area contributed by atoms with E-state index < -0.39 is 18.2 Å². The van der Waals surface area contributed by atoms with Crippen LogP contribution >= 0.6 is 0 Å². The number of carbonyl (C=O) groups excluding carboxylic acids is 1. The van der Waals surface area contributed by atoms with Gasteiger partial charge in [0.25, 0.3) is 5.91 Å². The van der Waals surface area contributed by atoms with Gasteiger partial charge in [0.15, 0.2) is 5.82 Å². The summed E-state index contributed by atoms with van der Waals surface area (Å²) in [7, 11) is 0. The fourth-order valence-electron chi connectivity index (χ4n) is 4.96. The van der Waals surface area contributed by atoms with Crippen LogP contribution in [-0.4, -0.2) is 66.5 Å². The number of nitrogen functional groups attached to an aromatic ring is 1. The molecular weight excluding hydrogens is 500 g/mol. The van der Waals surface area contributed by atoms with Gasteiger partial charge in [0.05, 0.1) is 0 Å². The van der Waals surface area contributed by atoms with Crippen LogP contribution in [0.25, 0.3) is 22.5 Å². The Labute approximate surface area is 217 Å². The lowest BCUT2D eigenvalue weighted by atomic mass is 9.96. The monoisotopic (exact) mass is 528 g/mol. The first-order valence-electron chi connectivity index (χ1n) is 12.6. The Hall–Kier alpha value is -3.73. The number of amides is 1. The average Bonchev–Trinajstić information content (AvgIpc) is 2.90. The number of aromatic nitrogens is 2. The average molecular weight is 529 g/mol. The fraction of sp³-hybridized carbons (Fsp3) is 0.370. The van der Waals surface area contributed by atoms with E-state index in [4.69, 9.17) is 5.73 Å². The number of nitrogens with zero attached hydrogens (tertiary/aromatic N) is 4. The number of halogens is 4. The lowest BCUT2D eigenvalue weighted by Crippen LogP contribution is -2.46. The van der Waals surface area contributed by atoms with E-state index in [2.05, 4.69) is 25.1 Å². The van der Waals surface area contributed by atoms with Crippen LogP contribution in [0.3, 0.4) is 0 Å². The molecule has 2 aliphatic rings. The number of hydrogen-bond donors (Lipinski definition) is 2. The van der Waals surface area contributed by atoms with E-state index in [0.29, 0.717) is 37.1 Å². The standard InChI is InChI=1S/C27H28F4N6O/c28-21-15-19-17(7-8-33-27(19)38)14-20(21)24-26(32)35-25(31)23(34-24)16-3-5-18(6-4-16)37-12-10-36(11-13-37)9-1-2-22(29)30/h3-6,14-15,22H,1-2,7-13H2,(H2,32,35)(H,33,38). The molecule has 0 unspecified atom stereocenters. The topological polar surface area (TPSA) is 87.4 Å². The van der Waals surface area contributed by atoms with Crippen LogP contribution in [0.1, 0.15) is 28.8 Å². The number of benzene rings is 2. The number of carbonyl (C=O) groups is 1. The number of anilines is 2. The van der Waals surface area contributed by atoms with Crippen molar-refractivity contribution in [2.24, 2.45) is 0 Å². The number of alkyl halides is 2. The van der Waals surface area contributed by atoms with E-state index in [1.54, 1.807) is 12.1 Å². The Morgan fingerprint density at radius 2 is 1.71 bits per heavy atom. The zero-order valence-electron chi connectivity index (χ0n) is 20.7. The quantitative estimate of drug-likeness (QED) is 0.449. The van der Waals surface area contributed by atoms with Gasteiger partial charge in [-0.15, -0.1) is 0 Å². The second kappa shape index (κ2) is 10.9. The highest BCUT2D eigenvalue weighted by molar-refractivity contribution is 5.97. The fourth-order valence-corrected chi connectivity index (χ4v) is 4.96. The summed E-state index contributed by atoms with van der Waals surface area (Å²) in [5, 5.41) is 2.68. The highest BCUT2D eigenvalue weighted by Gasteiger charge is 2.24. The molecule has 2 aromatic carbocycles. The van der Waals surface area contributed by atoms with E-state index >= 15 is 4.39 Å². The van der Waals surface area contributed by atoms with Crippen LogP contribution in [0.5, 0.6) is 0 Å². The van der Waals surface area contributed by atoms with Gasteiger partial charge in [0.2, 0.25) is 12.4 Å². The first kappa shape index (κ1) is 25.9. The van der Waals surface area contributed by atoms with Crippen LogP contribution in [0, 0.1) is 11.8 Å². The van der Waals surface area contributed by atoms with Crippen LogP contribution in [0.4, 0.5) is 29.1 Å². The number of rotatable bonds is 7. The molecule has 3 aromatic rings. The zero-order chi connectivity index (χ0) is 26.8. The van der Waals surface area contributed by atoms with Crippen LogP contribution in [-0.2, 0) is 6.42 Å². The van der Waals surface area contributed by atoms with Gasteiger partial charge in [-0.1, -0.05) is 12.1 Å². The Bertz CT molecular complexity index is 1330.